The number of carbonyl (C=O) groups is 2. The van der Waals surface area contributed by atoms with Gasteiger partial charge in [0.05, 0.1) is 29.8 Å². The van der Waals surface area contributed by atoms with Gasteiger partial charge in [-0.2, -0.15) is 4.31 Å². The predicted octanol–water partition coefficient (Wildman–Crippen LogP) is 4.52. The lowest BCUT2D eigenvalue weighted by molar-refractivity contribution is -0.274. The van der Waals surface area contributed by atoms with E-state index < -0.39 is 40.4 Å². The van der Waals surface area contributed by atoms with Gasteiger partial charge < -0.3 is 19.8 Å². The van der Waals surface area contributed by atoms with Crippen LogP contribution in [0.1, 0.15) is 51.9 Å². The van der Waals surface area contributed by atoms with E-state index in [-0.39, 0.29) is 29.2 Å². The zero-order chi connectivity index (χ0) is 29.7. The van der Waals surface area contributed by atoms with Gasteiger partial charge in [0.2, 0.25) is 10.0 Å². The molecule has 0 fully saturated rings. The number of nitrogens with two attached hydrogens (primary N) is 1. The number of halogens is 3. The molecule has 1 heterocycles. The average Bonchev–Trinajstić information content (AvgIpc) is 3.21. The zero-order valence-electron chi connectivity index (χ0n) is 22.2. The van der Waals surface area contributed by atoms with Gasteiger partial charge >= 0.3 is 6.36 Å². The molecule has 0 aliphatic rings. The normalized spacial score (nSPS) is 12.0. The lowest BCUT2D eigenvalue weighted by atomic mass is 10.2. The number of unbranched alkanes of at least 4 members (excludes halogenated alkanes) is 1. The monoisotopic (exact) mass is 581 g/mol. The highest BCUT2D eigenvalue weighted by Crippen LogP contribution is 2.26. The lowest BCUT2D eigenvalue weighted by Crippen LogP contribution is -2.37. The fraction of sp³-hybridized carbons (Fsp3) is 0.333. The fourth-order valence-corrected chi connectivity index (χ4v) is 5.54. The van der Waals surface area contributed by atoms with Gasteiger partial charge in [-0.25, -0.2) is 8.42 Å². The van der Waals surface area contributed by atoms with Gasteiger partial charge in [0.1, 0.15) is 11.5 Å². The molecule has 13 heteroatoms. The van der Waals surface area contributed by atoms with E-state index in [4.69, 9.17) is 10.5 Å². The summed E-state index contributed by atoms with van der Waals surface area (Å²) < 4.78 is 76.6. The van der Waals surface area contributed by atoms with Crippen molar-refractivity contribution in [1.82, 2.24) is 8.87 Å². The molecule has 0 aliphatic heterocycles. The summed E-state index contributed by atoms with van der Waals surface area (Å²) in [5.41, 5.74) is 6.16. The summed E-state index contributed by atoms with van der Waals surface area (Å²) in [6.45, 7) is 2.85. The average molecular weight is 582 g/mol. The van der Waals surface area contributed by atoms with E-state index in [1.165, 1.54) is 61.1 Å². The van der Waals surface area contributed by atoms with E-state index in [9.17, 15) is 31.2 Å². The Hall–Kier alpha value is -3.84. The second-order valence-electron chi connectivity index (χ2n) is 8.97. The predicted molar refractivity (Wildman–Crippen MR) is 141 cm³/mol. The lowest BCUT2D eigenvalue weighted by Gasteiger charge is -2.22. The standard InChI is InChI=1S/C27H30F3N3O6S/c1-4-5-13-32(40(36,37)22-11-9-20(38-3)10-12-22)17-25(34)24-15-23(26(31)35)18(2)33(24)16-19-7-6-8-21(14-19)39-27(28,29)30/h6-12,14-15H,4-5,13,16-17H2,1-3H3,(H2,31,35). The van der Waals surface area contributed by atoms with Crippen LogP contribution in [0, 0.1) is 6.92 Å². The summed E-state index contributed by atoms with van der Waals surface area (Å²) in [5.74, 6) is -1.42. The molecule has 0 radical (unpaired) electrons. The fourth-order valence-electron chi connectivity index (χ4n) is 4.11. The van der Waals surface area contributed by atoms with Crippen molar-refractivity contribution >= 4 is 21.7 Å². The minimum Gasteiger partial charge on any atom is -0.497 e. The highest BCUT2D eigenvalue weighted by Gasteiger charge is 2.32. The summed E-state index contributed by atoms with van der Waals surface area (Å²) in [5, 5.41) is 0. The van der Waals surface area contributed by atoms with Gasteiger partial charge in [0, 0.05) is 18.8 Å². The van der Waals surface area contributed by atoms with Crippen LogP contribution in [0.2, 0.25) is 0 Å². The number of alkyl halides is 3. The summed E-state index contributed by atoms with van der Waals surface area (Å²) in [6, 6.07) is 12.2. The van der Waals surface area contributed by atoms with Crippen LogP contribution in [0.25, 0.3) is 0 Å². The molecule has 0 bridgehead atoms. The number of ketones is 1. The van der Waals surface area contributed by atoms with Crippen LogP contribution >= 0.6 is 0 Å². The first-order valence-electron chi connectivity index (χ1n) is 12.3. The number of rotatable bonds is 13. The number of hydrogen-bond acceptors (Lipinski definition) is 6. The molecular formula is C27H30F3N3O6S. The van der Waals surface area contributed by atoms with E-state index in [2.05, 4.69) is 4.74 Å². The Kier molecular flexibility index (Phi) is 9.64. The first-order chi connectivity index (χ1) is 18.8. The van der Waals surface area contributed by atoms with Crippen LogP contribution in [0.4, 0.5) is 13.2 Å². The number of ether oxygens (including phenoxy) is 2. The van der Waals surface area contributed by atoms with E-state index >= 15 is 0 Å². The largest absolute Gasteiger partial charge is 0.573 e. The molecule has 9 nitrogen and oxygen atoms in total. The van der Waals surface area contributed by atoms with Crippen LogP contribution < -0.4 is 15.2 Å². The third-order valence-electron chi connectivity index (χ3n) is 6.17. The molecule has 3 aromatic rings. The quantitative estimate of drug-likeness (QED) is 0.296. The number of benzene rings is 2. The van der Waals surface area contributed by atoms with Crippen molar-refractivity contribution < 1.29 is 40.7 Å². The third-order valence-corrected chi connectivity index (χ3v) is 8.03. The molecule has 0 aliphatic carbocycles. The number of amides is 1. The second-order valence-corrected chi connectivity index (χ2v) is 10.9. The van der Waals surface area contributed by atoms with Crippen molar-refractivity contribution in [3.05, 3.63) is 77.1 Å². The van der Waals surface area contributed by atoms with E-state index in [0.29, 0.717) is 29.8 Å². The number of nitrogens with zero attached hydrogens (tertiary/aromatic N) is 2. The van der Waals surface area contributed by atoms with Gasteiger partial charge in [0.25, 0.3) is 5.91 Å². The van der Waals surface area contributed by atoms with E-state index in [0.717, 1.165) is 16.4 Å². The van der Waals surface area contributed by atoms with Crippen molar-refractivity contribution in [2.75, 3.05) is 20.2 Å². The number of sulfonamides is 1. The van der Waals surface area contributed by atoms with Gasteiger partial charge in [-0.3, -0.25) is 9.59 Å². The van der Waals surface area contributed by atoms with Gasteiger partial charge in [-0.1, -0.05) is 25.5 Å². The number of carbonyl (C=O) groups excluding carboxylic acids is 2. The number of primary amides is 1. The van der Waals surface area contributed by atoms with Crippen molar-refractivity contribution in [2.24, 2.45) is 5.73 Å². The Bertz CT molecular complexity index is 1470. The molecule has 216 valence electrons. The Morgan fingerprint density at radius 3 is 2.30 bits per heavy atom. The molecule has 0 unspecified atom stereocenters. The Labute approximate surface area is 230 Å². The molecule has 1 aromatic heterocycles. The minimum absolute atomic E-state index is 0.0140. The summed E-state index contributed by atoms with van der Waals surface area (Å²) in [6.07, 6.45) is -3.73. The van der Waals surface area contributed by atoms with Crippen molar-refractivity contribution in [2.45, 2.75) is 44.5 Å². The van der Waals surface area contributed by atoms with Crippen LogP contribution in [0.3, 0.4) is 0 Å². The topological polar surface area (TPSA) is 121 Å². The third kappa shape index (κ3) is 7.42. The van der Waals surface area contributed by atoms with E-state index in [1.54, 1.807) is 0 Å². The maximum Gasteiger partial charge on any atom is 0.573 e. The molecular weight excluding hydrogens is 551 g/mol. The summed E-state index contributed by atoms with van der Waals surface area (Å²) in [4.78, 5) is 25.6. The molecule has 40 heavy (non-hydrogen) atoms. The van der Waals surface area contributed by atoms with Crippen LogP contribution in [-0.2, 0) is 16.6 Å². The Balaban J connectivity index is 1.98. The number of Topliss-reactive ketones (excluding diaryl/α,β-unsaturated/α-hetero) is 1. The minimum atomic E-state index is -4.89. The molecule has 0 atom stereocenters. The number of aromatic nitrogens is 1. The smallest absolute Gasteiger partial charge is 0.497 e. The number of methoxy groups -OCH3 is 1. The van der Waals surface area contributed by atoms with E-state index in [1.807, 2.05) is 6.92 Å². The van der Waals surface area contributed by atoms with Crippen LogP contribution in [-0.4, -0.2) is 55.5 Å². The molecule has 2 N–H and O–H groups in total. The van der Waals surface area contributed by atoms with Crippen molar-refractivity contribution in [1.29, 1.82) is 0 Å². The van der Waals surface area contributed by atoms with Gasteiger partial charge in [0.15, 0.2) is 5.78 Å². The highest BCUT2D eigenvalue weighted by molar-refractivity contribution is 7.89. The van der Waals surface area contributed by atoms with Crippen LogP contribution in [0.15, 0.2) is 59.5 Å². The second kappa shape index (κ2) is 12.6. The van der Waals surface area contributed by atoms with Crippen molar-refractivity contribution in [3.63, 3.8) is 0 Å². The molecule has 1 amide bonds. The van der Waals surface area contributed by atoms with Gasteiger partial charge in [-0.15, -0.1) is 13.2 Å². The molecule has 3 rings (SSSR count). The van der Waals surface area contributed by atoms with Crippen molar-refractivity contribution in [3.8, 4) is 11.5 Å². The molecule has 2 aromatic carbocycles. The zero-order valence-corrected chi connectivity index (χ0v) is 23.0. The SMILES string of the molecule is CCCCN(CC(=O)c1cc(C(N)=O)c(C)n1Cc1cccc(OC(F)(F)F)c1)S(=O)(=O)c1ccc(OC)cc1. The van der Waals surface area contributed by atoms with Gasteiger partial charge in [-0.05, 0) is 61.4 Å². The summed E-state index contributed by atoms with van der Waals surface area (Å²) in [7, 11) is -2.63. The first-order valence-corrected chi connectivity index (χ1v) is 13.7. The molecule has 0 saturated carbocycles. The first kappa shape index (κ1) is 30.7. The highest BCUT2D eigenvalue weighted by atomic mass is 32.2. The number of hydrogen-bond donors (Lipinski definition) is 1. The Morgan fingerprint density at radius 2 is 1.73 bits per heavy atom. The summed E-state index contributed by atoms with van der Waals surface area (Å²) >= 11 is 0. The maximum absolute atomic E-state index is 13.6. The maximum atomic E-state index is 13.6. The molecule has 0 spiro atoms. The molecule has 0 saturated heterocycles. The Morgan fingerprint density at radius 1 is 1.05 bits per heavy atom. The van der Waals surface area contributed by atoms with Crippen LogP contribution in [0.5, 0.6) is 11.5 Å².